The molecule has 1 aliphatic carbocycles. The Balaban J connectivity index is 1.76. The predicted molar refractivity (Wildman–Crippen MR) is 85.7 cm³/mol. The van der Waals surface area contributed by atoms with Crippen molar-refractivity contribution >= 4 is 23.0 Å². The van der Waals surface area contributed by atoms with Crippen LogP contribution in [0, 0.1) is 13.8 Å². The third-order valence-corrected chi connectivity index (χ3v) is 5.02. The van der Waals surface area contributed by atoms with Crippen LogP contribution in [0.5, 0.6) is 0 Å². The summed E-state index contributed by atoms with van der Waals surface area (Å²) in [6.45, 7) is 3.95. The van der Waals surface area contributed by atoms with Crippen LogP contribution >= 0.6 is 11.3 Å². The number of carbonyl (C=O) groups is 2. The number of rotatable bonds is 5. The molecule has 0 spiro atoms. The zero-order chi connectivity index (χ0) is 15.4. The van der Waals surface area contributed by atoms with Crippen LogP contribution in [-0.2, 0) is 4.79 Å². The van der Waals surface area contributed by atoms with Gasteiger partial charge in [-0.1, -0.05) is 0 Å². The zero-order valence-corrected chi connectivity index (χ0v) is 13.6. The first-order valence-electron chi connectivity index (χ1n) is 7.61. The van der Waals surface area contributed by atoms with Crippen LogP contribution in [0.3, 0.4) is 0 Å². The summed E-state index contributed by atoms with van der Waals surface area (Å²) in [5.41, 5.74) is 6.62. The lowest BCUT2D eigenvalue weighted by atomic mass is 9.91. The largest absolute Gasteiger partial charge is 0.353 e. The Kier molecular flexibility index (Phi) is 5.53. The minimum atomic E-state index is -0.0200. The van der Waals surface area contributed by atoms with Gasteiger partial charge >= 0.3 is 0 Å². The summed E-state index contributed by atoms with van der Waals surface area (Å²) in [5.74, 6) is 0.0473. The van der Waals surface area contributed by atoms with Gasteiger partial charge in [-0.2, -0.15) is 0 Å². The predicted octanol–water partition coefficient (Wildman–Crippen LogP) is 2.71. The van der Waals surface area contributed by atoms with Crippen LogP contribution in [0.25, 0.3) is 0 Å². The van der Waals surface area contributed by atoms with Crippen molar-refractivity contribution in [1.82, 2.24) is 5.32 Å². The monoisotopic (exact) mass is 308 g/mol. The normalized spacial score (nSPS) is 22.0. The van der Waals surface area contributed by atoms with Gasteiger partial charge in [0.2, 0.25) is 5.91 Å². The highest BCUT2D eigenvalue weighted by molar-refractivity contribution is 7.12. The van der Waals surface area contributed by atoms with Gasteiger partial charge in [0, 0.05) is 40.2 Å². The van der Waals surface area contributed by atoms with E-state index in [4.69, 9.17) is 5.73 Å². The topological polar surface area (TPSA) is 72.2 Å². The second kappa shape index (κ2) is 7.18. The SMILES string of the molecule is Cc1cc(C(=O)CCC(=O)NC2CCC(N)CC2)c(C)s1. The lowest BCUT2D eigenvalue weighted by Crippen LogP contribution is -2.40. The van der Waals surface area contributed by atoms with E-state index in [-0.39, 0.29) is 36.6 Å². The average molecular weight is 308 g/mol. The van der Waals surface area contributed by atoms with E-state index in [1.807, 2.05) is 19.9 Å². The van der Waals surface area contributed by atoms with Gasteiger partial charge in [0.05, 0.1) is 0 Å². The van der Waals surface area contributed by atoms with E-state index in [0.29, 0.717) is 0 Å². The molecular weight excluding hydrogens is 284 g/mol. The van der Waals surface area contributed by atoms with Gasteiger partial charge in [-0.25, -0.2) is 0 Å². The molecule has 1 fully saturated rings. The maximum absolute atomic E-state index is 12.1. The van der Waals surface area contributed by atoms with Crippen molar-refractivity contribution in [2.75, 3.05) is 0 Å². The molecule has 21 heavy (non-hydrogen) atoms. The van der Waals surface area contributed by atoms with Crippen LogP contribution in [0.2, 0.25) is 0 Å². The summed E-state index contributed by atoms with van der Waals surface area (Å²) in [4.78, 5) is 26.2. The molecule has 0 aliphatic heterocycles. The van der Waals surface area contributed by atoms with Gasteiger partial charge in [-0.05, 0) is 45.6 Å². The Hall–Kier alpha value is -1.20. The van der Waals surface area contributed by atoms with Gasteiger partial charge in [0.25, 0.3) is 0 Å². The third kappa shape index (κ3) is 4.64. The van der Waals surface area contributed by atoms with Gasteiger partial charge in [0.15, 0.2) is 5.78 Å². The lowest BCUT2D eigenvalue weighted by molar-refractivity contribution is -0.122. The van der Waals surface area contributed by atoms with Crippen LogP contribution < -0.4 is 11.1 Å². The van der Waals surface area contributed by atoms with Crippen LogP contribution in [0.15, 0.2) is 6.07 Å². The first kappa shape index (κ1) is 16.2. The standard InChI is InChI=1S/C16H24N2O2S/c1-10-9-14(11(2)21-10)15(19)7-8-16(20)18-13-5-3-12(17)4-6-13/h9,12-13H,3-8,17H2,1-2H3,(H,18,20). The molecule has 3 N–H and O–H groups in total. The molecule has 0 unspecified atom stereocenters. The first-order chi connectivity index (χ1) is 9.95. The Labute approximate surface area is 130 Å². The molecule has 0 atom stereocenters. The highest BCUT2D eigenvalue weighted by Crippen LogP contribution is 2.22. The molecule has 2 rings (SSSR count). The van der Waals surface area contributed by atoms with E-state index < -0.39 is 0 Å². The molecule has 116 valence electrons. The minimum Gasteiger partial charge on any atom is -0.353 e. The Morgan fingerprint density at radius 1 is 1.24 bits per heavy atom. The maximum atomic E-state index is 12.1. The van der Waals surface area contributed by atoms with Crippen molar-refractivity contribution in [2.45, 2.75) is 64.5 Å². The molecule has 0 aromatic carbocycles. The fraction of sp³-hybridized carbons (Fsp3) is 0.625. The number of Topliss-reactive ketones (excluding diaryl/α,β-unsaturated/α-hetero) is 1. The summed E-state index contributed by atoms with van der Waals surface area (Å²) in [5, 5.41) is 3.02. The number of aryl methyl sites for hydroxylation is 2. The molecule has 0 radical (unpaired) electrons. The third-order valence-electron chi connectivity index (χ3n) is 4.06. The Morgan fingerprint density at radius 2 is 1.90 bits per heavy atom. The number of nitrogens with one attached hydrogen (secondary N) is 1. The summed E-state index contributed by atoms with van der Waals surface area (Å²) in [7, 11) is 0. The molecule has 1 saturated carbocycles. The van der Waals surface area contributed by atoms with E-state index in [2.05, 4.69) is 5.32 Å². The molecule has 1 heterocycles. The lowest BCUT2D eigenvalue weighted by Gasteiger charge is -2.26. The number of ketones is 1. The van der Waals surface area contributed by atoms with Crippen LogP contribution in [-0.4, -0.2) is 23.8 Å². The van der Waals surface area contributed by atoms with E-state index in [9.17, 15) is 9.59 Å². The average Bonchev–Trinajstić information content (AvgIpc) is 2.78. The van der Waals surface area contributed by atoms with Gasteiger partial charge in [-0.15, -0.1) is 11.3 Å². The smallest absolute Gasteiger partial charge is 0.220 e. The van der Waals surface area contributed by atoms with Crippen LogP contribution in [0.4, 0.5) is 0 Å². The van der Waals surface area contributed by atoms with Crippen molar-refractivity contribution in [3.8, 4) is 0 Å². The molecule has 1 aromatic heterocycles. The number of hydrogen-bond donors (Lipinski definition) is 2. The minimum absolute atomic E-state index is 0.0200. The summed E-state index contributed by atoms with van der Waals surface area (Å²) in [6, 6.07) is 2.44. The molecule has 1 aliphatic rings. The number of nitrogens with two attached hydrogens (primary N) is 1. The Bertz CT molecular complexity index is 516. The number of thiophene rings is 1. The number of amides is 1. The van der Waals surface area contributed by atoms with Crippen molar-refractivity contribution in [3.05, 3.63) is 21.4 Å². The highest BCUT2D eigenvalue weighted by atomic mass is 32.1. The fourth-order valence-corrected chi connectivity index (χ4v) is 3.78. The number of hydrogen-bond acceptors (Lipinski definition) is 4. The maximum Gasteiger partial charge on any atom is 0.220 e. The highest BCUT2D eigenvalue weighted by Gasteiger charge is 2.20. The molecule has 0 bridgehead atoms. The quantitative estimate of drug-likeness (QED) is 0.822. The summed E-state index contributed by atoms with van der Waals surface area (Å²) in [6.07, 6.45) is 4.40. The summed E-state index contributed by atoms with van der Waals surface area (Å²) >= 11 is 1.63. The first-order valence-corrected chi connectivity index (χ1v) is 8.42. The second-order valence-electron chi connectivity index (χ2n) is 5.93. The van der Waals surface area contributed by atoms with E-state index in [1.54, 1.807) is 11.3 Å². The van der Waals surface area contributed by atoms with E-state index in [1.165, 1.54) is 0 Å². The van der Waals surface area contributed by atoms with Crippen molar-refractivity contribution in [3.63, 3.8) is 0 Å². The van der Waals surface area contributed by atoms with Gasteiger partial charge in [-0.3, -0.25) is 9.59 Å². The second-order valence-corrected chi connectivity index (χ2v) is 7.39. The molecule has 5 heteroatoms. The number of carbonyl (C=O) groups excluding carboxylic acids is 2. The summed E-state index contributed by atoms with van der Waals surface area (Å²) < 4.78 is 0. The molecular formula is C16H24N2O2S. The molecule has 1 amide bonds. The van der Waals surface area contributed by atoms with Crippen molar-refractivity contribution < 1.29 is 9.59 Å². The van der Waals surface area contributed by atoms with Crippen molar-refractivity contribution in [2.24, 2.45) is 5.73 Å². The van der Waals surface area contributed by atoms with E-state index >= 15 is 0 Å². The molecule has 4 nitrogen and oxygen atoms in total. The van der Waals surface area contributed by atoms with Crippen LogP contribution in [0.1, 0.15) is 58.6 Å². The van der Waals surface area contributed by atoms with Gasteiger partial charge < -0.3 is 11.1 Å². The van der Waals surface area contributed by atoms with Gasteiger partial charge in [0.1, 0.15) is 0 Å². The fourth-order valence-electron chi connectivity index (χ4n) is 2.83. The molecule has 0 saturated heterocycles. The Morgan fingerprint density at radius 3 is 2.48 bits per heavy atom. The van der Waals surface area contributed by atoms with E-state index in [0.717, 1.165) is 41.0 Å². The van der Waals surface area contributed by atoms with Crippen molar-refractivity contribution in [1.29, 1.82) is 0 Å². The molecule has 1 aromatic rings. The zero-order valence-electron chi connectivity index (χ0n) is 12.8.